The van der Waals surface area contributed by atoms with E-state index in [1.54, 1.807) is 24.3 Å². The highest BCUT2D eigenvalue weighted by Crippen LogP contribution is 2.26. The van der Waals surface area contributed by atoms with Crippen LogP contribution >= 0.6 is 27.5 Å². The molecule has 0 aliphatic rings. The molecule has 21 heavy (non-hydrogen) atoms. The molecule has 0 aliphatic carbocycles. The van der Waals surface area contributed by atoms with Gasteiger partial charge in [0, 0.05) is 22.2 Å². The number of aliphatic hydroxyl groups excluding tert-OH is 1. The fourth-order valence-corrected chi connectivity index (χ4v) is 2.29. The quantitative estimate of drug-likeness (QED) is 0.634. The predicted molar refractivity (Wildman–Crippen MR) is 82.5 cm³/mol. The van der Waals surface area contributed by atoms with Crippen LogP contribution in [0.25, 0.3) is 0 Å². The molecule has 7 heteroatoms. The SMILES string of the molecule is O=[N+]([O-])c1ccc(COc2ccc(Br)c(CO)c2)c(Cl)c1. The van der Waals surface area contributed by atoms with Crippen molar-refractivity contribution in [2.45, 2.75) is 13.2 Å². The Morgan fingerprint density at radius 1 is 1.24 bits per heavy atom. The Balaban J connectivity index is 2.11. The van der Waals surface area contributed by atoms with Crippen molar-refractivity contribution >= 4 is 33.2 Å². The minimum atomic E-state index is -0.501. The Labute approximate surface area is 134 Å². The number of benzene rings is 2. The van der Waals surface area contributed by atoms with Gasteiger partial charge in [-0.2, -0.15) is 0 Å². The molecule has 5 nitrogen and oxygen atoms in total. The van der Waals surface area contributed by atoms with Crippen LogP contribution in [0.4, 0.5) is 5.69 Å². The maximum atomic E-state index is 10.6. The van der Waals surface area contributed by atoms with Crippen LogP contribution in [-0.2, 0) is 13.2 Å². The summed E-state index contributed by atoms with van der Waals surface area (Å²) in [7, 11) is 0. The monoisotopic (exact) mass is 371 g/mol. The summed E-state index contributed by atoms with van der Waals surface area (Å²) >= 11 is 9.31. The zero-order valence-electron chi connectivity index (χ0n) is 10.8. The van der Waals surface area contributed by atoms with Crippen molar-refractivity contribution in [3.8, 4) is 5.75 Å². The number of nitrogens with zero attached hydrogens (tertiary/aromatic N) is 1. The van der Waals surface area contributed by atoms with E-state index in [9.17, 15) is 15.2 Å². The lowest BCUT2D eigenvalue weighted by Crippen LogP contribution is -1.98. The van der Waals surface area contributed by atoms with Crippen LogP contribution in [0, 0.1) is 10.1 Å². The Morgan fingerprint density at radius 3 is 2.62 bits per heavy atom. The van der Waals surface area contributed by atoms with Gasteiger partial charge in [-0.15, -0.1) is 0 Å². The molecule has 0 spiro atoms. The average molecular weight is 373 g/mol. The van der Waals surface area contributed by atoms with E-state index in [4.69, 9.17) is 16.3 Å². The van der Waals surface area contributed by atoms with Crippen LogP contribution in [-0.4, -0.2) is 10.0 Å². The molecule has 0 unspecified atom stereocenters. The van der Waals surface area contributed by atoms with Crippen molar-refractivity contribution < 1.29 is 14.8 Å². The number of non-ortho nitro benzene ring substituents is 1. The molecule has 0 saturated heterocycles. The summed E-state index contributed by atoms with van der Waals surface area (Å²) in [5.74, 6) is 0.580. The molecule has 0 amide bonds. The summed E-state index contributed by atoms with van der Waals surface area (Å²) in [5, 5.41) is 20.1. The molecule has 0 atom stereocenters. The zero-order chi connectivity index (χ0) is 15.4. The topological polar surface area (TPSA) is 72.6 Å². The summed E-state index contributed by atoms with van der Waals surface area (Å²) in [4.78, 5) is 10.1. The first-order valence-corrected chi connectivity index (χ1v) is 7.13. The molecule has 0 aliphatic heterocycles. The summed E-state index contributed by atoms with van der Waals surface area (Å²) in [6, 6.07) is 9.48. The van der Waals surface area contributed by atoms with Crippen LogP contribution in [0.2, 0.25) is 5.02 Å². The zero-order valence-corrected chi connectivity index (χ0v) is 13.1. The lowest BCUT2D eigenvalue weighted by Gasteiger charge is -2.09. The number of nitro benzene ring substituents is 1. The smallest absolute Gasteiger partial charge is 0.270 e. The van der Waals surface area contributed by atoms with Gasteiger partial charge in [0.15, 0.2) is 0 Å². The van der Waals surface area contributed by atoms with Gasteiger partial charge >= 0.3 is 0 Å². The molecule has 110 valence electrons. The third-order valence-electron chi connectivity index (χ3n) is 2.83. The van der Waals surface area contributed by atoms with Crippen molar-refractivity contribution in [2.24, 2.45) is 0 Å². The number of halogens is 2. The standard InChI is InChI=1S/C14H11BrClNO4/c15-13-4-3-12(5-10(13)7-18)21-8-9-1-2-11(17(19)20)6-14(9)16/h1-6,18H,7-8H2. The highest BCUT2D eigenvalue weighted by atomic mass is 79.9. The predicted octanol–water partition coefficient (Wildman–Crippen LogP) is 4.08. The minimum absolute atomic E-state index is 0.0602. The first kappa shape index (κ1) is 15.8. The van der Waals surface area contributed by atoms with Crippen LogP contribution in [0.15, 0.2) is 40.9 Å². The van der Waals surface area contributed by atoms with Crippen LogP contribution in [0.1, 0.15) is 11.1 Å². The second-order valence-corrected chi connectivity index (χ2v) is 5.49. The lowest BCUT2D eigenvalue weighted by molar-refractivity contribution is -0.384. The summed E-state index contributed by atoms with van der Waals surface area (Å²) in [5.41, 5.74) is 1.30. The molecule has 2 rings (SSSR count). The first-order chi connectivity index (χ1) is 10.0. The normalized spacial score (nSPS) is 10.4. The lowest BCUT2D eigenvalue weighted by atomic mass is 10.2. The van der Waals surface area contributed by atoms with E-state index in [0.29, 0.717) is 16.9 Å². The molecule has 0 saturated carbocycles. The second kappa shape index (κ2) is 6.89. The minimum Gasteiger partial charge on any atom is -0.489 e. The largest absolute Gasteiger partial charge is 0.489 e. The van der Waals surface area contributed by atoms with E-state index in [1.165, 1.54) is 12.1 Å². The van der Waals surface area contributed by atoms with Gasteiger partial charge in [-0.05, 0) is 29.8 Å². The van der Waals surface area contributed by atoms with Crippen LogP contribution < -0.4 is 4.74 Å². The third kappa shape index (κ3) is 3.93. The van der Waals surface area contributed by atoms with Gasteiger partial charge in [0.05, 0.1) is 16.6 Å². The van der Waals surface area contributed by atoms with Gasteiger partial charge < -0.3 is 9.84 Å². The Bertz CT molecular complexity index is 678. The molecule has 0 aromatic heterocycles. The Kier molecular flexibility index (Phi) is 5.17. The fraction of sp³-hybridized carbons (Fsp3) is 0.143. The van der Waals surface area contributed by atoms with Crippen molar-refractivity contribution in [1.29, 1.82) is 0 Å². The van der Waals surface area contributed by atoms with Crippen molar-refractivity contribution in [3.63, 3.8) is 0 Å². The third-order valence-corrected chi connectivity index (χ3v) is 3.95. The van der Waals surface area contributed by atoms with E-state index in [1.807, 2.05) is 0 Å². The number of rotatable bonds is 5. The van der Waals surface area contributed by atoms with Gasteiger partial charge in [-0.1, -0.05) is 27.5 Å². The van der Waals surface area contributed by atoms with Crippen molar-refractivity contribution in [2.75, 3.05) is 0 Å². The first-order valence-electron chi connectivity index (χ1n) is 5.96. The van der Waals surface area contributed by atoms with E-state index in [-0.39, 0.29) is 23.9 Å². The van der Waals surface area contributed by atoms with E-state index < -0.39 is 4.92 Å². The van der Waals surface area contributed by atoms with E-state index in [2.05, 4.69) is 15.9 Å². The van der Waals surface area contributed by atoms with Gasteiger partial charge in [0.2, 0.25) is 0 Å². The highest BCUT2D eigenvalue weighted by Gasteiger charge is 2.10. The molecule has 2 aromatic carbocycles. The average Bonchev–Trinajstić information content (AvgIpc) is 2.47. The van der Waals surface area contributed by atoms with Crippen LogP contribution in [0.5, 0.6) is 5.75 Å². The van der Waals surface area contributed by atoms with Crippen molar-refractivity contribution in [1.82, 2.24) is 0 Å². The van der Waals surface area contributed by atoms with Gasteiger partial charge in [-0.3, -0.25) is 10.1 Å². The highest BCUT2D eigenvalue weighted by molar-refractivity contribution is 9.10. The molecular formula is C14H11BrClNO4. The van der Waals surface area contributed by atoms with Gasteiger partial charge in [-0.25, -0.2) is 0 Å². The molecule has 0 fully saturated rings. The Morgan fingerprint density at radius 2 is 2.00 bits per heavy atom. The number of aliphatic hydroxyl groups is 1. The van der Waals surface area contributed by atoms with E-state index >= 15 is 0 Å². The second-order valence-electron chi connectivity index (χ2n) is 4.23. The summed E-state index contributed by atoms with van der Waals surface area (Å²) in [6.45, 7) is 0.0827. The number of hydrogen-bond acceptors (Lipinski definition) is 4. The molecule has 0 heterocycles. The number of ether oxygens (including phenoxy) is 1. The van der Waals surface area contributed by atoms with Crippen molar-refractivity contribution in [3.05, 3.63) is 67.1 Å². The summed E-state index contributed by atoms with van der Waals surface area (Å²) < 4.78 is 6.38. The molecular weight excluding hydrogens is 362 g/mol. The Hall–Kier alpha value is -1.63. The molecule has 0 bridgehead atoms. The summed E-state index contributed by atoms with van der Waals surface area (Å²) in [6.07, 6.45) is 0. The maximum absolute atomic E-state index is 10.6. The molecule has 2 aromatic rings. The number of hydrogen-bond donors (Lipinski definition) is 1. The van der Waals surface area contributed by atoms with Gasteiger partial charge in [0.1, 0.15) is 12.4 Å². The number of nitro groups is 1. The molecule has 0 radical (unpaired) electrons. The van der Waals surface area contributed by atoms with Gasteiger partial charge in [0.25, 0.3) is 5.69 Å². The molecule has 1 N–H and O–H groups in total. The maximum Gasteiger partial charge on any atom is 0.270 e. The fourth-order valence-electron chi connectivity index (χ4n) is 1.69. The van der Waals surface area contributed by atoms with E-state index in [0.717, 1.165) is 4.47 Å². The van der Waals surface area contributed by atoms with Crippen LogP contribution in [0.3, 0.4) is 0 Å².